The van der Waals surface area contributed by atoms with Crippen molar-refractivity contribution in [1.82, 2.24) is 10.1 Å². The number of piperidine rings is 1. The molecule has 3 unspecified atom stereocenters. The van der Waals surface area contributed by atoms with Gasteiger partial charge in [0, 0.05) is 36.9 Å². The van der Waals surface area contributed by atoms with Crippen molar-refractivity contribution in [3.63, 3.8) is 0 Å². The van der Waals surface area contributed by atoms with Crippen LogP contribution in [0.5, 0.6) is 0 Å². The number of carbonyl (C=O) groups excluding carboxylic acids is 1. The van der Waals surface area contributed by atoms with Gasteiger partial charge in [-0.05, 0) is 57.3 Å². The molecule has 2 aromatic rings. The van der Waals surface area contributed by atoms with E-state index in [9.17, 15) is 14.3 Å². The molecule has 34 heavy (non-hydrogen) atoms. The van der Waals surface area contributed by atoms with Crippen LogP contribution in [0, 0.1) is 11.7 Å². The van der Waals surface area contributed by atoms with Crippen molar-refractivity contribution >= 4 is 29.2 Å². The first-order valence-electron chi connectivity index (χ1n) is 12.0. The average molecular weight is 495 g/mol. The van der Waals surface area contributed by atoms with Crippen LogP contribution in [0.25, 0.3) is 11.0 Å². The summed E-state index contributed by atoms with van der Waals surface area (Å²) in [6.07, 6.45) is 6.76. The number of aliphatic hydroxyl groups excluding tert-OH is 1. The maximum Gasteiger partial charge on any atom is 0.171 e. The predicted octanol–water partition coefficient (Wildman–Crippen LogP) is 3.99. The molecule has 0 bridgehead atoms. The molecule has 1 saturated carbocycles. The Hall–Kier alpha value is -2.00. The standard InChI is InChI=1S/C25H31FN2O5.ClH/c26-18-2-4-20-23(12-18)33-27-24(20)16-6-9-28(10-7-16)8-1-11-31-19-3-5-21-22(13-19)32-15-17(14-29)25(21)30;/h2,4,12,15-16,19,21-22,29H,1,3,5-11,13-14H2;1H. The fourth-order valence-corrected chi connectivity index (χ4v) is 5.47. The van der Waals surface area contributed by atoms with Gasteiger partial charge in [0.15, 0.2) is 11.4 Å². The molecule has 5 rings (SSSR count). The van der Waals surface area contributed by atoms with Gasteiger partial charge in [-0.1, -0.05) is 5.16 Å². The minimum absolute atomic E-state index is 0. The highest BCUT2D eigenvalue weighted by molar-refractivity contribution is 5.98. The highest BCUT2D eigenvalue weighted by atomic mass is 35.5. The molecule has 1 aromatic carbocycles. The van der Waals surface area contributed by atoms with E-state index < -0.39 is 0 Å². The van der Waals surface area contributed by atoms with E-state index in [1.54, 1.807) is 6.07 Å². The lowest BCUT2D eigenvalue weighted by Gasteiger charge is -2.37. The molecule has 7 nitrogen and oxygen atoms in total. The molecular weight excluding hydrogens is 463 g/mol. The Bertz CT molecular complexity index is 1020. The van der Waals surface area contributed by atoms with E-state index in [1.807, 2.05) is 0 Å². The first kappa shape index (κ1) is 25.1. The van der Waals surface area contributed by atoms with E-state index in [1.165, 1.54) is 18.4 Å². The van der Waals surface area contributed by atoms with Crippen LogP contribution in [0.15, 0.2) is 34.6 Å². The van der Waals surface area contributed by atoms with Crippen LogP contribution in [0.1, 0.15) is 50.1 Å². The van der Waals surface area contributed by atoms with Crippen LogP contribution in [-0.2, 0) is 14.3 Å². The predicted molar refractivity (Wildman–Crippen MR) is 126 cm³/mol. The van der Waals surface area contributed by atoms with Gasteiger partial charge < -0.3 is 24.0 Å². The second kappa shape index (κ2) is 11.2. The number of fused-ring (bicyclic) bond motifs is 2. The topological polar surface area (TPSA) is 85.0 Å². The van der Waals surface area contributed by atoms with E-state index in [4.69, 9.17) is 14.0 Å². The number of carbonyl (C=O) groups is 1. The Morgan fingerprint density at radius 1 is 1.21 bits per heavy atom. The summed E-state index contributed by atoms with van der Waals surface area (Å²) in [5, 5.41) is 14.4. The van der Waals surface area contributed by atoms with Crippen LogP contribution in [0.4, 0.5) is 4.39 Å². The molecule has 9 heteroatoms. The summed E-state index contributed by atoms with van der Waals surface area (Å²) in [6, 6.07) is 4.63. The average Bonchev–Trinajstić information content (AvgIpc) is 3.25. The van der Waals surface area contributed by atoms with Crippen LogP contribution in [0.2, 0.25) is 0 Å². The monoisotopic (exact) mass is 494 g/mol. The van der Waals surface area contributed by atoms with Gasteiger partial charge >= 0.3 is 0 Å². The molecule has 3 heterocycles. The SMILES string of the molecule is Cl.O=C1C(CO)=COC2CC(OCCCN3CCC(c4noc5cc(F)ccc45)CC3)CCC12. The minimum Gasteiger partial charge on any atom is -0.497 e. The molecular formula is C25H32ClFN2O5. The summed E-state index contributed by atoms with van der Waals surface area (Å²) in [4.78, 5) is 14.8. The smallest absolute Gasteiger partial charge is 0.171 e. The van der Waals surface area contributed by atoms with Crippen molar-refractivity contribution in [1.29, 1.82) is 0 Å². The number of aromatic nitrogens is 1. The van der Waals surface area contributed by atoms with Crippen molar-refractivity contribution in [2.45, 2.75) is 56.7 Å². The lowest BCUT2D eigenvalue weighted by Crippen LogP contribution is -2.42. The number of halogens is 2. The Kier molecular flexibility index (Phi) is 8.24. The summed E-state index contributed by atoms with van der Waals surface area (Å²) in [7, 11) is 0. The van der Waals surface area contributed by atoms with Crippen LogP contribution >= 0.6 is 12.4 Å². The third-order valence-corrected chi connectivity index (χ3v) is 7.36. The lowest BCUT2D eigenvalue weighted by molar-refractivity contribution is -0.131. The molecule has 3 aliphatic rings. The number of aliphatic hydroxyl groups is 1. The quantitative estimate of drug-likeness (QED) is 0.582. The van der Waals surface area contributed by atoms with Crippen molar-refractivity contribution in [3.05, 3.63) is 41.5 Å². The van der Waals surface area contributed by atoms with Gasteiger partial charge in [-0.3, -0.25) is 4.79 Å². The maximum absolute atomic E-state index is 13.4. The molecule has 3 atom stereocenters. The minimum atomic E-state index is -0.303. The third kappa shape index (κ3) is 5.30. The van der Waals surface area contributed by atoms with Crippen LogP contribution < -0.4 is 0 Å². The van der Waals surface area contributed by atoms with Gasteiger partial charge in [0.1, 0.15) is 11.9 Å². The normalized spacial score (nSPS) is 26.0. The van der Waals surface area contributed by atoms with Crippen molar-refractivity contribution < 1.29 is 28.3 Å². The zero-order chi connectivity index (χ0) is 22.8. The third-order valence-electron chi connectivity index (χ3n) is 7.36. The Morgan fingerprint density at radius 2 is 2.03 bits per heavy atom. The number of ether oxygens (including phenoxy) is 2. The summed E-state index contributed by atoms with van der Waals surface area (Å²) >= 11 is 0. The fraction of sp³-hybridized carbons (Fsp3) is 0.600. The van der Waals surface area contributed by atoms with E-state index in [-0.39, 0.29) is 48.7 Å². The molecule has 2 aliphatic heterocycles. The van der Waals surface area contributed by atoms with Gasteiger partial charge in [0.25, 0.3) is 0 Å². The zero-order valence-electron chi connectivity index (χ0n) is 19.2. The second-order valence-electron chi connectivity index (χ2n) is 9.43. The summed E-state index contributed by atoms with van der Waals surface area (Å²) in [5.41, 5.74) is 1.85. The molecule has 186 valence electrons. The van der Waals surface area contributed by atoms with Gasteiger partial charge in [0.05, 0.1) is 36.2 Å². The highest BCUT2D eigenvalue weighted by Gasteiger charge is 2.40. The Morgan fingerprint density at radius 3 is 2.82 bits per heavy atom. The zero-order valence-corrected chi connectivity index (χ0v) is 20.0. The number of likely N-dealkylation sites (tertiary alicyclic amines) is 1. The number of nitrogens with zero attached hydrogens (tertiary/aromatic N) is 2. The summed E-state index contributed by atoms with van der Waals surface area (Å²) in [5.74, 6) is -0.0683. The number of benzene rings is 1. The van der Waals surface area contributed by atoms with Crippen molar-refractivity contribution in [2.24, 2.45) is 5.92 Å². The number of hydrogen-bond donors (Lipinski definition) is 1. The van der Waals surface area contributed by atoms with Crippen LogP contribution in [0.3, 0.4) is 0 Å². The largest absolute Gasteiger partial charge is 0.497 e. The van der Waals surface area contributed by atoms with E-state index >= 15 is 0 Å². The summed E-state index contributed by atoms with van der Waals surface area (Å²) < 4.78 is 30.5. The molecule has 1 N–H and O–H groups in total. The van der Waals surface area contributed by atoms with Crippen molar-refractivity contribution in [2.75, 3.05) is 32.8 Å². The number of Topliss-reactive ketones (excluding diaryl/α,β-unsaturated/α-hetero) is 1. The van der Waals surface area contributed by atoms with E-state index in [0.29, 0.717) is 23.7 Å². The fourth-order valence-electron chi connectivity index (χ4n) is 5.47. The second-order valence-corrected chi connectivity index (χ2v) is 9.43. The number of ketones is 1. The maximum atomic E-state index is 13.4. The van der Waals surface area contributed by atoms with E-state index in [2.05, 4.69) is 10.1 Å². The molecule has 0 spiro atoms. The molecule has 1 aromatic heterocycles. The first-order valence-corrected chi connectivity index (χ1v) is 12.0. The van der Waals surface area contributed by atoms with Crippen LogP contribution in [-0.4, -0.2) is 66.0 Å². The van der Waals surface area contributed by atoms with Gasteiger partial charge in [-0.2, -0.15) is 0 Å². The first-order chi connectivity index (χ1) is 16.1. The summed E-state index contributed by atoms with van der Waals surface area (Å²) in [6.45, 7) is 3.45. The van der Waals surface area contributed by atoms with Gasteiger partial charge in [-0.25, -0.2) is 4.39 Å². The van der Waals surface area contributed by atoms with Gasteiger partial charge in [-0.15, -0.1) is 12.4 Å². The number of hydrogen-bond acceptors (Lipinski definition) is 7. The van der Waals surface area contributed by atoms with Gasteiger partial charge in [0.2, 0.25) is 0 Å². The lowest BCUT2D eigenvalue weighted by atomic mass is 9.79. The van der Waals surface area contributed by atoms with E-state index in [0.717, 1.165) is 69.2 Å². The molecule has 0 radical (unpaired) electrons. The Balaban J connectivity index is 0.00000274. The molecule has 0 amide bonds. The molecule has 2 fully saturated rings. The highest BCUT2D eigenvalue weighted by Crippen LogP contribution is 2.35. The molecule has 1 aliphatic carbocycles. The number of rotatable bonds is 7. The molecule has 1 saturated heterocycles. The Labute approximate surface area is 204 Å². The van der Waals surface area contributed by atoms with Crippen molar-refractivity contribution in [3.8, 4) is 0 Å².